The summed E-state index contributed by atoms with van der Waals surface area (Å²) in [5, 5.41) is 6.82. The van der Waals surface area contributed by atoms with Crippen LogP contribution in [0, 0.1) is 0 Å². The van der Waals surface area contributed by atoms with Crippen molar-refractivity contribution in [3.05, 3.63) is 76.4 Å². The number of benzene rings is 2. The van der Waals surface area contributed by atoms with Crippen molar-refractivity contribution in [3.63, 3.8) is 0 Å². The fraction of sp³-hybridized carbons (Fsp3) is 0.387. The first kappa shape index (κ1) is 28.1. The second-order valence-corrected chi connectivity index (χ2v) is 11.4. The fourth-order valence-electron chi connectivity index (χ4n) is 5.78. The lowest BCUT2D eigenvalue weighted by Crippen LogP contribution is -2.43. The zero-order valence-electron chi connectivity index (χ0n) is 23.3. The van der Waals surface area contributed by atoms with Crippen LogP contribution in [0.1, 0.15) is 59.6 Å². The summed E-state index contributed by atoms with van der Waals surface area (Å²) in [5.74, 6) is -0.648. The second kappa shape index (κ2) is 11.7. The van der Waals surface area contributed by atoms with E-state index in [1.54, 1.807) is 12.1 Å². The van der Waals surface area contributed by atoms with E-state index >= 15 is 0 Å². The van der Waals surface area contributed by atoms with Gasteiger partial charge in [0.15, 0.2) is 0 Å². The summed E-state index contributed by atoms with van der Waals surface area (Å²) < 4.78 is 10.4. The van der Waals surface area contributed by atoms with Crippen LogP contribution >= 0.6 is 11.6 Å². The van der Waals surface area contributed by atoms with Gasteiger partial charge in [0.2, 0.25) is 11.9 Å². The molecule has 0 bridgehead atoms. The highest BCUT2D eigenvalue weighted by molar-refractivity contribution is 6.33. The summed E-state index contributed by atoms with van der Waals surface area (Å²) in [6.45, 7) is 1.17. The van der Waals surface area contributed by atoms with Crippen molar-refractivity contribution in [2.75, 3.05) is 32.2 Å². The summed E-state index contributed by atoms with van der Waals surface area (Å²) in [6.07, 6.45) is 4.84. The van der Waals surface area contributed by atoms with Crippen molar-refractivity contribution in [2.24, 2.45) is 0 Å². The molecule has 1 saturated heterocycles. The summed E-state index contributed by atoms with van der Waals surface area (Å²) in [6, 6.07) is 14.7. The molecule has 3 aromatic rings. The van der Waals surface area contributed by atoms with Gasteiger partial charge in [-0.05, 0) is 42.9 Å². The van der Waals surface area contributed by atoms with Gasteiger partial charge in [0.1, 0.15) is 6.54 Å². The van der Waals surface area contributed by atoms with Gasteiger partial charge in [0.25, 0.3) is 5.91 Å². The molecule has 2 amide bonds. The van der Waals surface area contributed by atoms with Crippen molar-refractivity contribution in [3.8, 4) is 11.3 Å². The molecule has 1 aliphatic carbocycles. The first-order chi connectivity index (χ1) is 20.4. The van der Waals surface area contributed by atoms with E-state index in [0.717, 1.165) is 31.2 Å². The Morgan fingerprint density at radius 2 is 1.90 bits per heavy atom. The highest BCUT2D eigenvalue weighted by Gasteiger charge is 2.47. The molecule has 0 radical (unpaired) electrons. The number of carbonyl (C=O) groups is 3. The van der Waals surface area contributed by atoms with Crippen LogP contribution in [0.5, 0.6) is 0 Å². The molecule has 1 aromatic heterocycles. The molecule has 1 unspecified atom stereocenters. The third kappa shape index (κ3) is 5.69. The molecule has 6 rings (SSSR count). The number of carbonyl (C=O) groups excluding carboxylic acids is 3. The molecule has 2 fully saturated rings. The molecule has 2 N–H and O–H groups in total. The average molecular weight is 590 g/mol. The highest BCUT2D eigenvalue weighted by atomic mass is 35.5. The second-order valence-electron chi connectivity index (χ2n) is 10.9. The molecular weight excluding hydrogens is 558 g/mol. The van der Waals surface area contributed by atoms with Crippen molar-refractivity contribution in [2.45, 2.75) is 49.7 Å². The smallest absolute Gasteiger partial charge is 0.307 e. The monoisotopic (exact) mass is 589 g/mol. The maximum atomic E-state index is 13.8. The Bertz CT molecular complexity index is 1510. The molecular formula is C31H32ClN5O5. The van der Waals surface area contributed by atoms with Crippen molar-refractivity contribution < 1.29 is 23.9 Å². The Hall–Kier alpha value is -4.02. The summed E-state index contributed by atoms with van der Waals surface area (Å²) in [4.78, 5) is 49.9. The number of nitrogens with one attached hydrogen (secondary N) is 2. The van der Waals surface area contributed by atoms with Crippen molar-refractivity contribution in [1.29, 1.82) is 0 Å². The Morgan fingerprint density at radius 1 is 1.14 bits per heavy atom. The van der Waals surface area contributed by atoms with Crippen LogP contribution in [0.4, 0.5) is 5.95 Å². The molecule has 11 heteroatoms. The largest absolute Gasteiger partial charge is 0.469 e. The first-order valence-electron chi connectivity index (χ1n) is 14.1. The number of ether oxygens (including phenoxy) is 2. The number of hydrogen-bond donors (Lipinski definition) is 2. The maximum Gasteiger partial charge on any atom is 0.307 e. The third-order valence-corrected chi connectivity index (χ3v) is 8.49. The molecule has 3 heterocycles. The van der Waals surface area contributed by atoms with Crippen molar-refractivity contribution in [1.82, 2.24) is 20.2 Å². The lowest BCUT2D eigenvalue weighted by atomic mass is 9.98. The number of rotatable bonds is 9. The van der Waals surface area contributed by atoms with Gasteiger partial charge in [-0.25, -0.2) is 9.97 Å². The van der Waals surface area contributed by atoms with Gasteiger partial charge in [-0.1, -0.05) is 54.1 Å². The number of halogens is 1. The van der Waals surface area contributed by atoms with Gasteiger partial charge in [-0.15, -0.1) is 0 Å². The van der Waals surface area contributed by atoms with E-state index in [9.17, 15) is 14.4 Å². The van der Waals surface area contributed by atoms with Gasteiger partial charge < -0.3 is 25.0 Å². The molecule has 0 spiro atoms. The van der Waals surface area contributed by atoms with E-state index in [2.05, 4.69) is 20.6 Å². The maximum absolute atomic E-state index is 13.8. The Kier molecular flexibility index (Phi) is 7.83. The van der Waals surface area contributed by atoms with Crippen LogP contribution in [0.2, 0.25) is 5.02 Å². The molecule has 10 nitrogen and oxygen atoms in total. The SMILES string of the molecule is COC(=O)CC1c2ccc(-c3nc(NC4CCOCC4)ncc3Cl)cc2C(=O)N1CC(=O)NC1(c2ccccc2)CC1. The van der Waals surface area contributed by atoms with Gasteiger partial charge in [0, 0.05) is 30.4 Å². The topological polar surface area (TPSA) is 123 Å². The predicted molar refractivity (Wildman–Crippen MR) is 156 cm³/mol. The zero-order valence-corrected chi connectivity index (χ0v) is 24.0. The fourth-order valence-corrected chi connectivity index (χ4v) is 5.98. The molecule has 2 aromatic carbocycles. The minimum Gasteiger partial charge on any atom is -0.469 e. The quantitative estimate of drug-likeness (QED) is 0.355. The van der Waals surface area contributed by atoms with Crippen LogP contribution in [-0.4, -0.2) is 65.6 Å². The standard InChI is InChI=1S/C31H32ClN5O5/c1-41-27(39)16-25-22-8-7-19(28-24(32)17-33-30(35-28)34-21-9-13-42-14-10-21)15-23(22)29(40)37(25)18-26(38)36-31(11-12-31)20-5-3-2-4-6-20/h2-8,15,17,21,25H,9-14,16,18H2,1H3,(H,36,38)(H,33,34,35). The number of aromatic nitrogens is 2. The summed E-state index contributed by atoms with van der Waals surface area (Å²) in [5.41, 5.74) is 2.78. The van der Waals surface area contributed by atoms with E-state index in [0.29, 0.717) is 46.6 Å². The van der Waals surface area contributed by atoms with Crippen LogP contribution in [0.3, 0.4) is 0 Å². The Balaban J connectivity index is 1.25. The average Bonchev–Trinajstić information content (AvgIpc) is 3.75. The molecule has 1 saturated carbocycles. The number of amides is 2. The normalized spacial score (nSPS) is 19.2. The van der Waals surface area contributed by atoms with E-state index in [1.165, 1.54) is 18.2 Å². The van der Waals surface area contributed by atoms with Gasteiger partial charge in [0.05, 0.1) is 42.0 Å². The number of esters is 1. The van der Waals surface area contributed by atoms with E-state index in [4.69, 9.17) is 21.1 Å². The molecule has 2 aliphatic heterocycles. The minimum absolute atomic E-state index is 0.0703. The number of nitrogens with zero attached hydrogens (tertiary/aromatic N) is 3. The van der Waals surface area contributed by atoms with Crippen LogP contribution < -0.4 is 10.6 Å². The molecule has 1 atom stereocenters. The lowest BCUT2D eigenvalue weighted by Gasteiger charge is -2.26. The Labute approximate surface area is 248 Å². The molecule has 218 valence electrons. The lowest BCUT2D eigenvalue weighted by molar-refractivity contribution is -0.142. The third-order valence-electron chi connectivity index (χ3n) is 8.21. The Morgan fingerprint density at radius 3 is 2.62 bits per heavy atom. The first-order valence-corrected chi connectivity index (χ1v) is 14.5. The van der Waals surface area contributed by atoms with Crippen LogP contribution in [-0.2, 0) is 24.6 Å². The van der Waals surface area contributed by atoms with Gasteiger partial charge in [-0.3, -0.25) is 14.4 Å². The van der Waals surface area contributed by atoms with E-state index in [1.807, 2.05) is 36.4 Å². The van der Waals surface area contributed by atoms with Gasteiger partial charge in [-0.2, -0.15) is 0 Å². The van der Waals surface area contributed by atoms with E-state index < -0.39 is 17.6 Å². The minimum atomic E-state index is -0.641. The number of hydrogen-bond acceptors (Lipinski definition) is 8. The highest BCUT2D eigenvalue weighted by Crippen LogP contribution is 2.45. The molecule has 42 heavy (non-hydrogen) atoms. The van der Waals surface area contributed by atoms with Crippen molar-refractivity contribution >= 4 is 35.3 Å². The summed E-state index contributed by atoms with van der Waals surface area (Å²) in [7, 11) is 1.31. The van der Waals surface area contributed by atoms with E-state index in [-0.39, 0.29) is 30.8 Å². The summed E-state index contributed by atoms with van der Waals surface area (Å²) >= 11 is 6.51. The molecule has 3 aliphatic rings. The van der Waals surface area contributed by atoms with Crippen LogP contribution in [0.25, 0.3) is 11.3 Å². The predicted octanol–water partition coefficient (Wildman–Crippen LogP) is 4.25. The van der Waals surface area contributed by atoms with Crippen LogP contribution in [0.15, 0.2) is 54.7 Å². The van der Waals surface area contributed by atoms with Gasteiger partial charge >= 0.3 is 5.97 Å². The number of methoxy groups -OCH3 is 1. The number of fused-ring (bicyclic) bond motifs is 1. The number of anilines is 1. The zero-order chi connectivity index (χ0) is 29.3.